The predicted molar refractivity (Wildman–Crippen MR) is 138 cm³/mol. The second kappa shape index (κ2) is 9.78. The van der Waals surface area contributed by atoms with Crippen molar-refractivity contribution >= 4 is 11.1 Å². The summed E-state index contributed by atoms with van der Waals surface area (Å²) in [6.07, 6.45) is 5.83. The van der Waals surface area contributed by atoms with Crippen LogP contribution in [-0.2, 0) is 10.9 Å². The number of rotatable bonds is 5. The van der Waals surface area contributed by atoms with Crippen LogP contribution in [0.4, 0.5) is 13.2 Å². The van der Waals surface area contributed by atoms with Crippen LogP contribution in [0.2, 0.25) is 0 Å². The lowest BCUT2D eigenvalue weighted by Gasteiger charge is -2.51. The molecule has 0 spiro atoms. The molecule has 8 nitrogen and oxygen atoms in total. The molecule has 2 saturated heterocycles. The third-order valence-electron chi connectivity index (χ3n) is 9.29. The Bertz CT molecular complexity index is 1280. The molecule has 3 fully saturated rings. The number of alkyl halides is 3. The van der Waals surface area contributed by atoms with Gasteiger partial charge in [-0.25, -0.2) is 15.6 Å². The van der Waals surface area contributed by atoms with Crippen LogP contribution in [0.1, 0.15) is 55.7 Å². The van der Waals surface area contributed by atoms with Crippen LogP contribution in [0.3, 0.4) is 0 Å². The Hall–Kier alpha value is -2.18. The summed E-state index contributed by atoms with van der Waals surface area (Å²) in [4.78, 5) is 18.0. The van der Waals surface area contributed by atoms with Crippen molar-refractivity contribution in [2.45, 2.75) is 56.9 Å². The van der Waals surface area contributed by atoms with Crippen LogP contribution in [0.25, 0.3) is 11.1 Å². The van der Waals surface area contributed by atoms with E-state index in [4.69, 9.17) is 4.74 Å². The fraction of sp³-hybridized carbons (Fsp3) is 0.667. The van der Waals surface area contributed by atoms with Crippen LogP contribution in [0.15, 0.2) is 29.3 Å². The third kappa shape index (κ3) is 4.62. The minimum atomic E-state index is -4.55. The van der Waals surface area contributed by atoms with Gasteiger partial charge in [0.05, 0.1) is 37.1 Å². The number of hydrogen-bond acceptors (Lipinski definition) is 6. The number of pyridine rings is 1. The minimum absolute atomic E-state index is 0.0182. The molecule has 1 saturated carbocycles. The van der Waals surface area contributed by atoms with Gasteiger partial charge < -0.3 is 9.64 Å². The summed E-state index contributed by atoms with van der Waals surface area (Å²) >= 11 is 0. The van der Waals surface area contributed by atoms with E-state index in [1.807, 2.05) is 13.1 Å². The number of hydrogen-bond donors (Lipinski definition) is 2. The Labute approximate surface area is 220 Å². The molecular weight excluding hydrogens is 497 g/mol. The molecule has 6 rings (SSSR count). The standard InChI is InChI=1S/C27H37F3N6O2/c1-33-8-6-18(7-9-33)19-10-22(27(28,29)30)23-14-35(25(37)36(23)13-19)21-5-3-4-20(11-21)26(15-38-16-26)12-24-32-31-17-34(24)2/h6,10,13-14,20-21,24,31-32H,3-5,7-9,11-12,15-17H2,1-2H3. The molecule has 1 aliphatic carbocycles. The first-order valence-electron chi connectivity index (χ1n) is 13.6. The van der Waals surface area contributed by atoms with Gasteiger partial charge in [-0.2, -0.15) is 13.2 Å². The lowest BCUT2D eigenvalue weighted by Crippen LogP contribution is -2.54. The zero-order valence-corrected chi connectivity index (χ0v) is 22.1. The fourth-order valence-corrected chi connectivity index (χ4v) is 6.86. The van der Waals surface area contributed by atoms with Gasteiger partial charge in [0.1, 0.15) is 0 Å². The lowest BCUT2D eigenvalue weighted by atomic mass is 9.64. The first-order chi connectivity index (χ1) is 18.1. The maximum absolute atomic E-state index is 14.2. The zero-order valence-electron chi connectivity index (χ0n) is 22.1. The van der Waals surface area contributed by atoms with Crippen molar-refractivity contribution in [1.29, 1.82) is 0 Å². The number of imidazole rings is 1. The SMILES string of the molecule is CN1CC=C(c2cc(C(F)(F)F)c3cn(C4CCCC(C5(CC6NNCN6C)COC5)C4)c(=O)n3c2)CC1. The second-order valence-electron chi connectivity index (χ2n) is 11.8. The van der Waals surface area contributed by atoms with Crippen molar-refractivity contribution in [3.63, 3.8) is 0 Å². The van der Waals surface area contributed by atoms with Crippen molar-refractivity contribution in [1.82, 2.24) is 29.6 Å². The fourth-order valence-electron chi connectivity index (χ4n) is 6.86. The van der Waals surface area contributed by atoms with Crippen molar-refractivity contribution in [3.8, 4) is 0 Å². The Morgan fingerprint density at radius 3 is 2.63 bits per heavy atom. The Balaban J connectivity index is 1.33. The van der Waals surface area contributed by atoms with E-state index in [1.165, 1.54) is 16.7 Å². The number of hydrazine groups is 1. The minimum Gasteiger partial charge on any atom is -0.380 e. The van der Waals surface area contributed by atoms with Gasteiger partial charge in [-0.3, -0.25) is 13.9 Å². The molecule has 4 aliphatic rings. The number of fused-ring (bicyclic) bond motifs is 1. The van der Waals surface area contributed by atoms with Gasteiger partial charge in [-0.05, 0) is 69.3 Å². The van der Waals surface area contributed by atoms with Gasteiger partial charge in [0, 0.05) is 36.9 Å². The molecule has 0 radical (unpaired) electrons. The van der Waals surface area contributed by atoms with E-state index in [-0.39, 0.29) is 28.8 Å². The third-order valence-corrected chi connectivity index (χ3v) is 9.29. The number of halogens is 3. The van der Waals surface area contributed by atoms with Crippen molar-refractivity contribution < 1.29 is 17.9 Å². The predicted octanol–water partition coefficient (Wildman–Crippen LogP) is 3.30. The Kier molecular flexibility index (Phi) is 6.71. The quantitative estimate of drug-likeness (QED) is 0.614. The summed E-state index contributed by atoms with van der Waals surface area (Å²) in [6.45, 7) is 3.61. The Morgan fingerprint density at radius 1 is 1.18 bits per heavy atom. The highest BCUT2D eigenvalue weighted by atomic mass is 19.4. The molecule has 3 unspecified atom stereocenters. The number of likely N-dealkylation sites (N-methyl/N-ethyl adjacent to an activating group) is 1. The average molecular weight is 535 g/mol. The molecule has 38 heavy (non-hydrogen) atoms. The maximum atomic E-state index is 14.2. The first kappa shape index (κ1) is 26.1. The average Bonchev–Trinajstić information content (AvgIpc) is 3.43. The topological polar surface area (TPSA) is 66.2 Å². The van der Waals surface area contributed by atoms with Gasteiger partial charge in [-0.15, -0.1) is 0 Å². The van der Waals surface area contributed by atoms with E-state index in [9.17, 15) is 18.0 Å². The van der Waals surface area contributed by atoms with Gasteiger partial charge in [0.25, 0.3) is 0 Å². The van der Waals surface area contributed by atoms with Crippen molar-refractivity contribution in [2.75, 3.05) is 47.1 Å². The van der Waals surface area contributed by atoms with E-state index in [0.29, 0.717) is 37.7 Å². The molecule has 2 aromatic heterocycles. The summed E-state index contributed by atoms with van der Waals surface area (Å²) in [6, 6.07) is 1.10. The van der Waals surface area contributed by atoms with E-state index >= 15 is 0 Å². The van der Waals surface area contributed by atoms with Crippen LogP contribution in [0, 0.1) is 11.3 Å². The molecule has 2 aromatic rings. The van der Waals surface area contributed by atoms with Crippen LogP contribution in [0.5, 0.6) is 0 Å². The molecule has 0 amide bonds. The smallest absolute Gasteiger partial charge is 0.380 e. The summed E-state index contributed by atoms with van der Waals surface area (Å²) < 4.78 is 51.2. The van der Waals surface area contributed by atoms with Crippen LogP contribution >= 0.6 is 0 Å². The summed E-state index contributed by atoms with van der Waals surface area (Å²) in [5, 5.41) is 0. The van der Waals surface area contributed by atoms with Gasteiger partial charge >= 0.3 is 11.9 Å². The van der Waals surface area contributed by atoms with Gasteiger partial charge in [0.15, 0.2) is 0 Å². The molecule has 208 valence electrons. The number of aromatic nitrogens is 2. The lowest BCUT2D eigenvalue weighted by molar-refractivity contribution is -0.167. The number of ether oxygens (including phenoxy) is 1. The molecule has 3 aliphatic heterocycles. The molecule has 11 heteroatoms. The summed E-state index contributed by atoms with van der Waals surface area (Å²) in [5.41, 5.74) is 6.70. The molecule has 0 aromatic carbocycles. The zero-order chi connectivity index (χ0) is 26.7. The summed E-state index contributed by atoms with van der Waals surface area (Å²) in [7, 11) is 4.06. The maximum Gasteiger partial charge on any atom is 0.418 e. The molecular formula is C27H37F3N6O2. The van der Waals surface area contributed by atoms with E-state index in [1.54, 1.807) is 10.8 Å². The van der Waals surface area contributed by atoms with Gasteiger partial charge in [0.2, 0.25) is 0 Å². The normalized spacial score (nSPS) is 29.0. The van der Waals surface area contributed by atoms with Crippen molar-refractivity contribution in [3.05, 3.63) is 46.1 Å². The van der Waals surface area contributed by atoms with E-state index in [2.05, 4.69) is 27.7 Å². The monoisotopic (exact) mass is 534 g/mol. The van der Waals surface area contributed by atoms with E-state index in [0.717, 1.165) is 50.9 Å². The highest BCUT2D eigenvalue weighted by Crippen LogP contribution is 2.49. The second-order valence-corrected chi connectivity index (χ2v) is 11.8. The highest BCUT2D eigenvalue weighted by molar-refractivity contribution is 5.70. The number of nitrogens with one attached hydrogen (secondary N) is 2. The van der Waals surface area contributed by atoms with Gasteiger partial charge in [-0.1, -0.05) is 12.5 Å². The Morgan fingerprint density at radius 2 is 2.00 bits per heavy atom. The molecule has 5 heterocycles. The first-order valence-corrected chi connectivity index (χ1v) is 13.6. The molecule has 0 bridgehead atoms. The van der Waals surface area contributed by atoms with Crippen molar-refractivity contribution in [2.24, 2.45) is 11.3 Å². The summed E-state index contributed by atoms with van der Waals surface area (Å²) in [5.74, 6) is 0.350. The number of nitrogens with zero attached hydrogens (tertiary/aromatic N) is 4. The van der Waals surface area contributed by atoms with E-state index < -0.39 is 11.7 Å². The van der Waals surface area contributed by atoms with Crippen LogP contribution < -0.4 is 16.5 Å². The highest BCUT2D eigenvalue weighted by Gasteiger charge is 2.49. The molecule has 2 N–H and O–H groups in total. The molecule has 3 atom stereocenters. The van der Waals surface area contributed by atoms with Crippen LogP contribution in [-0.4, -0.2) is 72.0 Å². The largest absolute Gasteiger partial charge is 0.418 e.